The number of benzene rings is 1. The maximum Gasteiger partial charge on any atom is 0.265 e. The SMILES string of the molecule is C=CCN1C(=O)C(=Cc2cc(C)c(OC)cc2C)C(=O)NC1=S. The predicted molar refractivity (Wildman–Crippen MR) is 93.1 cm³/mol. The van der Waals surface area contributed by atoms with E-state index in [1.54, 1.807) is 19.3 Å². The molecule has 2 amide bonds. The summed E-state index contributed by atoms with van der Waals surface area (Å²) in [4.78, 5) is 25.9. The first-order valence-electron chi connectivity index (χ1n) is 7.04. The Bertz CT molecular complexity index is 738. The molecule has 2 rings (SSSR count). The molecular weight excluding hydrogens is 312 g/mol. The van der Waals surface area contributed by atoms with Crippen molar-refractivity contribution >= 4 is 35.2 Å². The van der Waals surface area contributed by atoms with Crippen LogP contribution in [-0.2, 0) is 9.59 Å². The quantitative estimate of drug-likeness (QED) is 0.398. The van der Waals surface area contributed by atoms with Gasteiger partial charge in [0.1, 0.15) is 11.3 Å². The lowest BCUT2D eigenvalue weighted by molar-refractivity contribution is -0.128. The van der Waals surface area contributed by atoms with Crippen molar-refractivity contribution in [2.45, 2.75) is 13.8 Å². The van der Waals surface area contributed by atoms with Crippen molar-refractivity contribution in [1.29, 1.82) is 0 Å². The average molecular weight is 330 g/mol. The first kappa shape index (κ1) is 16.9. The van der Waals surface area contributed by atoms with Gasteiger partial charge in [-0.05, 0) is 61.0 Å². The minimum Gasteiger partial charge on any atom is -0.496 e. The summed E-state index contributed by atoms with van der Waals surface area (Å²) < 4.78 is 5.27. The molecule has 0 aliphatic carbocycles. The minimum atomic E-state index is -0.492. The Morgan fingerprint density at radius 3 is 2.61 bits per heavy atom. The van der Waals surface area contributed by atoms with Crippen molar-refractivity contribution in [3.8, 4) is 5.75 Å². The highest BCUT2D eigenvalue weighted by Crippen LogP contribution is 2.25. The number of methoxy groups -OCH3 is 1. The van der Waals surface area contributed by atoms with E-state index in [2.05, 4.69) is 11.9 Å². The van der Waals surface area contributed by atoms with E-state index in [-0.39, 0.29) is 17.2 Å². The second kappa shape index (κ2) is 6.75. The first-order valence-corrected chi connectivity index (χ1v) is 7.44. The Morgan fingerprint density at radius 1 is 1.30 bits per heavy atom. The number of rotatable bonds is 4. The molecule has 0 radical (unpaired) electrons. The fourth-order valence-corrected chi connectivity index (χ4v) is 2.58. The van der Waals surface area contributed by atoms with Crippen LogP contribution in [0.4, 0.5) is 0 Å². The van der Waals surface area contributed by atoms with Gasteiger partial charge < -0.3 is 4.74 Å². The van der Waals surface area contributed by atoms with Crippen molar-refractivity contribution in [2.75, 3.05) is 13.7 Å². The van der Waals surface area contributed by atoms with Crippen LogP contribution >= 0.6 is 12.2 Å². The number of hydrogen-bond donors (Lipinski definition) is 1. The van der Waals surface area contributed by atoms with Gasteiger partial charge in [-0.1, -0.05) is 6.08 Å². The van der Waals surface area contributed by atoms with Crippen molar-refractivity contribution in [2.24, 2.45) is 0 Å². The maximum absolute atomic E-state index is 12.5. The fraction of sp³-hybridized carbons (Fsp3) is 0.235. The highest BCUT2D eigenvalue weighted by molar-refractivity contribution is 7.80. The summed E-state index contributed by atoms with van der Waals surface area (Å²) in [6, 6.07) is 3.76. The summed E-state index contributed by atoms with van der Waals surface area (Å²) in [5.41, 5.74) is 2.66. The monoisotopic (exact) mass is 330 g/mol. The molecule has 0 saturated carbocycles. The van der Waals surface area contributed by atoms with Crippen LogP contribution in [0.5, 0.6) is 5.75 Å². The Hall–Kier alpha value is -2.47. The number of nitrogens with one attached hydrogen (secondary N) is 1. The summed E-state index contributed by atoms with van der Waals surface area (Å²) in [6.45, 7) is 7.64. The van der Waals surface area contributed by atoms with Gasteiger partial charge in [0.05, 0.1) is 7.11 Å². The van der Waals surface area contributed by atoms with E-state index >= 15 is 0 Å². The van der Waals surface area contributed by atoms with Crippen LogP contribution in [0, 0.1) is 13.8 Å². The molecule has 1 aromatic carbocycles. The van der Waals surface area contributed by atoms with Crippen LogP contribution in [-0.4, -0.2) is 35.5 Å². The van der Waals surface area contributed by atoms with E-state index in [1.165, 1.54) is 4.90 Å². The molecular formula is C17H18N2O3S. The normalized spacial score (nSPS) is 16.6. The largest absolute Gasteiger partial charge is 0.496 e. The lowest BCUT2D eigenvalue weighted by Gasteiger charge is -2.27. The molecule has 0 atom stereocenters. The summed E-state index contributed by atoms with van der Waals surface area (Å²) >= 11 is 5.03. The van der Waals surface area contributed by atoms with Crippen LogP contribution in [0.2, 0.25) is 0 Å². The number of thiocarbonyl (C=S) groups is 1. The molecule has 1 fully saturated rings. The number of carbonyl (C=O) groups excluding carboxylic acids is 2. The van der Waals surface area contributed by atoms with Crippen molar-refractivity contribution in [3.05, 3.63) is 47.1 Å². The molecule has 1 aliphatic rings. The third kappa shape index (κ3) is 3.32. The smallest absolute Gasteiger partial charge is 0.265 e. The van der Waals surface area contributed by atoms with Crippen LogP contribution in [0.1, 0.15) is 16.7 Å². The second-order valence-corrected chi connectivity index (χ2v) is 5.59. The van der Waals surface area contributed by atoms with Crippen LogP contribution < -0.4 is 10.1 Å². The number of carbonyl (C=O) groups is 2. The number of amides is 2. The van der Waals surface area contributed by atoms with E-state index in [1.807, 2.05) is 26.0 Å². The van der Waals surface area contributed by atoms with Gasteiger partial charge >= 0.3 is 0 Å². The fourth-order valence-electron chi connectivity index (χ4n) is 2.33. The van der Waals surface area contributed by atoms with E-state index in [0.717, 1.165) is 22.4 Å². The summed E-state index contributed by atoms with van der Waals surface area (Å²) in [5, 5.41) is 2.63. The lowest BCUT2D eigenvalue weighted by atomic mass is 10.0. The summed E-state index contributed by atoms with van der Waals surface area (Å²) in [5.74, 6) is -0.154. The van der Waals surface area contributed by atoms with Crippen LogP contribution in [0.3, 0.4) is 0 Å². The molecule has 0 spiro atoms. The molecule has 1 N–H and O–H groups in total. The summed E-state index contributed by atoms with van der Waals surface area (Å²) in [7, 11) is 1.60. The Morgan fingerprint density at radius 2 is 2.00 bits per heavy atom. The molecule has 5 nitrogen and oxygen atoms in total. The molecule has 1 aliphatic heterocycles. The molecule has 6 heteroatoms. The van der Waals surface area contributed by atoms with Crippen LogP contribution in [0.25, 0.3) is 6.08 Å². The lowest BCUT2D eigenvalue weighted by Crippen LogP contribution is -2.53. The Labute approximate surface area is 140 Å². The number of hydrogen-bond acceptors (Lipinski definition) is 4. The van der Waals surface area contributed by atoms with Gasteiger partial charge in [0.25, 0.3) is 11.8 Å². The van der Waals surface area contributed by atoms with E-state index in [9.17, 15) is 9.59 Å². The Balaban J connectivity index is 2.47. The van der Waals surface area contributed by atoms with Gasteiger partial charge in [-0.3, -0.25) is 19.8 Å². The zero-order valence-electron chi connectivity index (χ0n) is 13.3. The van der Waals surface area contributed by atoms with E-state index < -0.39 is 11.8 Å². The third-order valence-electron chi connectivity index (χ3n) is 3.58. The molecule has 120 valence electrons. The molecule has 0 bridgehead atoms. The zero-order valence-corrected chi connectivity index (χ0v) is 14.1. The topological polar surface area (TPSA) is 58.6 Å². The van der Waals surface area contributed by atoms with Gasteiger partial charge in [-0.25, -0.2) is 0 Å². The van der Waals surface area contributed by atoms with Gasteiger partial charge in [0, 0.05) is 6.54 Å². The maximum atomic E-state index is 12.5. The predicted octanol–water partition coefficient (Wildman–Crippen LogP) is 2.12. The van der Waals surface area contributed by atoms with E-state index in [4.69, 9.17) is 17.0 Å². The molecule has 23 heavy (non-hydrogen) atoms. The minimum absolute atomic E-state index is 0.0492. The molecule has 1 saturated heterocycles. The van der Waals surface area contributed by atoms with Gasteiger partial charge in [-0.15, -0.1) is 6.58 Å². The van der Waals surface area contributed by atoms with Crippen molar-refractivity contribution in [1.82, 2.24) is 10.2 Å². The molecule has 1 heterocycles. The van der Waals surface area contributed by atoms with E-state index in [0.29, 0.717) is 0 Å². The molecule has 1 aromatic rings. The number of aryl methyl sites for hydroxylation is 2. The van der Waals surface area contributed by atoms with Gasteiger partial charge in [0.15, 0.2) is 5.11 Å². The highest BCUT2D eigenvalue weighted by Gasteiger charge is 2.32. The van der Waals surface area contributed by atoms with Gasteiger partial charge in [0.2, 0.25) is 0 Å². The van der Waals surface area contributed by atoms with Crippen molar-refractivity contribution < 1.29 is 14.3 Å². The number of ether oxygens (including phenoxy) is 1. The third-order valence-corrected chi connectivity index (χ3v) is 3.90. The van der Waals surface area contributed by atoms with Crippen molar-refractivity contribution in [3.63, 3.8) is 0 Å². The first-order chi connectivity index (χ1) is 10.9. The summed E-state index contributed by atoms with van der Waals surface area (Å²) in [6.07, 6.45) is 3.14. The molecule has 0 unspecified atom stereocenters. The standard InChI is InChI=1S/C17H18N2O3S/c1-5-6-19-16(21)13(15(20)18-17(19)23)9-12-7-11(3)14(22-4)8-10(12)2/h5,7-9H,1,6H2,2-4H3,(H,18,20,23). The number of nitrogens with zero attached hydrogens (tertiary/aromatic N) is 1. The van der Waals surface area contributed by atoms with Gasteiger partial charge in [-0.2, -0.15) is 0 Å². The Kier molecular flexibility index (Phi) is 4.95. The average Bonchev–Trinajstić information content (AvgIpc) is 2.50. The van der Waals surface area contributed by atoms with Crippen LogP contribution in [0.15, 0.2) is 30.4 Å². The highest BCUT2D eigenvalue weighted by atomic mass is 32.1. The second-order valence-electron chi connectivity index (χ2n) is 5.20. The zero-order chi connectivity index (χ0) is 17.1. The molecule has 0 aromatic heterocycles.